The maximum atomic E-state index is 11.8. The fourth-order valence-electron chi connectivity index (χ4n) is 1.34. The van der Waals surface area contributed by atoms with E-state index in [1.54, 1.807) is 12.1 Å². The summed E-state index contributed by atoms with van der Waals surface area (Å²) in [6.45, 7) is 4.44. The maximum absolute atomic E-state index is 11.8. The molecule has 0 unspecified atom stereocenters. The lowest BCUT2D eigenvalue weighted by molar-refractivity contribution is 0.0954. The van der Waals surface area contributed by atoms with E-state index in [0.29, 0.717) is 17.1 Å². The van der Waals surface area contributed by atoms with Gasteiger partial charge in [0.2, 0.25) is 0 Å². The molecule has 0 saturated carbocycles. The van der Waals surface area contributed by atoms with Crippen molar-refractivity contribution in [2.75, 3.05) is 19.6 Å². The van der Waals surface area contributed by atoms with Crippen LogP contribution in [0.15, 0.2) is 22.7 Å². The Hall–Kier alpha value is -0.290. The zero-order valence-corrected chi connectivity index (χ0v) is 13.3. The van der Waals surface area contributed by atoms with Crippen LogP contribution in [0.2, 0.25) is 5.02 Å². The number of carbonyl (C=O) groups is 1. The van der Waals surface area contributed by atoms with Crippen LogP contribution in [0.25, 0.3) is 0 Å². The summed E-state index contributed by atoms with van der Waals surface area (Å²) in [5, 5.41) is 6.48. The maximum Gasteiger partial charge on any atom is 0.252 e. The molecule has 0 spiro atoms. The Morgan fingerprint density at radius 2 is 2.06 bits per heavy atom. The minimum atomic E-state index is -0.144. The Kier molecular flexibility index (Phi) is 9.46. The lowest BCUT2D eigenvalue weighted by Crippen LogP contribution is -2.32. The first-order chi connectivity index (χ1) is 8.16. The molecule has 102 valence electrons. The third-order valence-corrected chi connectivity index (χ3v) is 3.51. The van der Waals surface area contributed by atoms with Crippen LogP contribution in [-0.4, -0.2) is 25.5 Å². The molecule has 6 heteroatoms. The second kappa shape index (κ2) is 9.62. The van der Waals surface area contributed by atoms with Crippen LogP contribution >= 0.6 is 39.9 Å². The summed E-state index contributed by atoms with van der Waals surface area (Å²) in [4.78, 5) is 11.8. The molecule has 18 heavy (non-hydrogen) atoms. The van der Waals surface area contributed by atoms with E-state index >= 15 is 0 Å². The molecule has 0 saturated heterocycles. The van der Waals surface area contributed by atoms with Crippen LogP contribution < -0.4 is 10.6 Å². The molecule has 1 rings (SSSR count). The van der Waals surface area contributed by atoms with E-state index in [1.807, 2.05) is 6.07 Å². The Morgan fingerprint density at radius 3 is 2.72 bits per heavy atom. The van der Waals surface area contributed by atoms with Gasteiger partial charge < -0.3 is 10.6 Å². The van der Waals surface area contributed by atoms with Crippen molar-refractivity contribution in [1.82, 2.24) is 10.6 Å². The average Bonchev–Trinajstić information content (AvgIpc) is 2.32. The Labute approximate surface area is 127 Å². The van der Waals surface area contributed by atoms with Crippen molar-refractivity contribution in [3.8, 4) is 0 Å². The fraction of sp³-hybridized carbons (Fsp3) is 0.417. The quantitative estimate of drug-likeness (QED) is 0.769. The standard InChI is InChI=1S/C12H16BrClN2O.ClH/c1-2-6-15-7-8-16-12(17)9-4-3-5-10(13)11(9)14;/h3-5,15H,2,6-8H2,1H3,(H,16,17);1H. The van der Waals surface area contributed by atoms with Gasteiger partial charge in [-0.2, -0.15) is 0 Å². The molecule has 0 aromatic heterocycles. The van der Waals surface area contributed by atoms with E-state index in [9.17, 15) is 4.79 Å². The predicted molar refractivity (Wildman–Crippen MR) is 81.9 cm³/mol. The first-order valence-corrected chi connectivity index (χ1v) is 6.76. The highest BCUT2D eigenvalue weighted by Gasteiger charge is 2.11. The van der Waals surface area contributed by atoms with Gasteiger partial charge >= 0.3 is 0 Å². The largest absolute Gasteiger partial charge is 0.351 e. The van der Waals surface area contributed by atoms with Crippen LogP contribution in [0.5, 0.6) is 0 Å². The SMILES string of the molecule is CCCNCCNC(=O)c1cccc(Br)c1Cl.Cl. The summed E-state index contributed by atoms with van der Waals surface area (Å²) < 4.78 is 0.732. The van der Waals surface area contributed by atoms with E-state index in [4.69, 9.17) is 11.6 Å². The number of benzene rings is 1. The van der Waals surface area contributed by atoms with Gasteiger partial charge in [0.05, 0.1) is 10.6 Å². The van der Waals surface area contributed by atoms with E-state index in [2.05, 4.69) is 33.5 Å². The highest BCUT2D eigenvalue weighted by atomic mass is 79.9. The number of nitrogens with one attached hydrogen (secondary N) is 2. The molecule has 1 aromatic rings. The van der Waals surface area contributed by atoms with Crippen LogP contribution in [-0.2, 0) is 0 Å². The minimum absolute atomic E-state index is 0. The van der Waals surface area contributed by atoms with Gasteiger partial charge in [0.15, 0.2) is 0 Å². The first kappa shape index (κ1) is 17.7. The fourth-order valence-corrected chi connectivity index (χ4v) is 1.92. The summed E-state index contributed by atoms with van der Waals surface area (Å²) in [6.07, 6.45) is 1.09. The second-order valence-corrected chi connectivity index (χ2v) is 4.84. The second-order valence-electron chi connectivity index (χ2n) is 3.61. The van der Waals surface area contributed by atoms with E-state index < -0.39 is 0 Å². The number of hydrogen-bond donors (Lipinski definition) is 2. The third-order valence-electron chi connectivity index (χ3n) is 2.21. The van der Waals surface area contributed by atoms with Gasteiger partial charge in [-0.3, -0.25) is 4.79 Å². The van der Waals surface area contributed by atoms with Crippen molar-refractivity contribution < 1.29 is 4.79 Å². The van der Waals surface area contributed by atoms with Gasteiger partial charge in [0, 0.05) is 17.6 Å². The Bertz CT molecular complexity index is 388. The van der Waals surface area contributed by atoms with Crippen molar-refractivity contribution in [3.63, 3.8) is 0 Å². The smallest absolute Gasteiger partial charge is 0.252 e. The van der Waals surface area contributed by atoms with Gasteiger partial charge in [-0.05, 0) is 41.0 Å². The molecule has 0 heterocycles. The number of halogens is 3. The summed E-state index contributed by atoms with van der Waals surface area (Å²) in [6, 6.07) is 5.31. The van der Waals surface area contributed by atoms with Crippen LogP contribution in [0.1, 0.15) is 23.7 Å². The van der Waals surface area contributed by atoms with Gasteiger partial charge in [0.25, 0.3) is 5.91 Å². The van der Waals surface area contributed by atoms with Crippen molar-refractivity contribution in [1.29, 1.82) is 0 Å². The topological polar surface area (TPSA) is 41.1 Å². The lowest BCUT2D eigenvalue weighted by atomic mass is 10.2. The number of carbonyl (C=O) groups excluding carboxylic acids is 1. The molecule has 1 amide bonds. The molecule has 0 aliphatic carbocycles. The zero-order chi connectivity index (χ0) is 12.7. The molecule has 2 N–H and O–H groups in total. The van der Waals surface area contributed by atoms with Crippen molar-refractivity contribution >= 4 is 45.8 Å². The molecular weight excluding hydrogens is 339 g/mol. The molecule has 0 fully saturated rings. The van der Waals surface area contributed by atoms with E-state index in [1.165, 1.54) is 0 Å². The molecule has 0 atom stereocenters. The molecule has 3 nitrogen and oxygen atoms in total. The number of rotatable bonds is 6. The van der Waals surface area contributed by atoms with Crippen molar-refractivity contribution in [2.45, 2.75) is 13.3 Å². The van der Waals surface area contributed by atoms with Gasteiger partial charge in [-0.25, -0.2) is 0 Å². The lowest BCUT2D eigenvalue weighted by Gasteiger charge is -2.08. The van der Waals surface area contributed by atoms with Gasteiger partial charge in [-0.15, -0.1) is 12.4 Å². The molecule has 0 aliphatic rings. The predicted octanol–water partition coefficient (Wildman–Crippen LogP) is 3.25. The summed E-state index contributed by atoms with van der Waals surface area (Å²) in [7, 11) is 0. The number of hydrogen-bond acceptors (Lipinski definition) is 2. The highest BCUT2D eigenvalue weighted by Crippen LogP contribution is 2.25. The molecule has 0 bridgehead atoms. The molecule has 0 radical (unpaired) electrons. The average molecular weight is 356 g/mol. The molecule has 1 aromatic carbocycles. The van der Waals surface area contributed by atoms with E-state index in [-0.39, 0.29) is 18.3 Å². The van der Waals surface area contributed by atoms with Crippen molar-refractivity contribution in [3.05, 3.63) is 33.3 Å². The summed E-state index contributed by atoms with van der Waals surface area (Å²) in [5.74, 6) is -0.144. The van der Waals surface area contributed by atoms with Gasteiger partial charge in [-0.1, -0.05) is 24.6 Å². The zero-order valence-electron chi connectivity index (χ0n) is 10.1. The first-order valence-electron chi connectivity index (χ1n) is 5.59. The van der Waals surface area contributed by atoms with Crippen LogP contribution in [0.3, 0.4) is 0 Å². The summed E-state index contributed by atoms with van der Waals surface area (Å²) in [5.41, 5.74) is 0.497. The number of amides is 1. The van der Waals surface area contributed by atoms with E-state index in [0.717, 1.165) is 24.0 Å². The van der Waals surface area contributed by atoms with Crippen LogP contribution in [0.4, 0.5) is 0 Å². The normalized spacial score (nSPS) is 9.72. The molecule has 0 aliphatic heterocycles. The Morgan fingerprint density at radius 1 is 1.33 bits per heavy atom. The van der Waals surface area contributed by atoms with Crippen molar-refractivity contribution in [2.24, 2.45) is 0 Å². The third kappa shape index (κ3) is 5.57. The van der Waals surface area contributed by atoms with Crippen LogP contribution in [0, 0.1) is 0 Å². The minimum Gasteiger partial charge on any atom is -0.351 e. The highest BCUT2D eigenvalue weighted by molar-refractivity contribution is 9.10. The summed E-state index contributed by atoms with van der Waals surface area (Å²) >= 11 is 9.32. The Balaban J connectivity index is 0.00000289. The molecular formula is C12H17BrCl2N2O. The monoisotopic (exact) mass is 354 g/mol. The van der Waals surface area contributed by atoms with Gasteiger partial charge in [0.1, 0.15) is 0 Å².